The van der Waals surface area contributed by atoms with Gasteiger partial charge in [0.1, 0.15) is 0 Å². The molecule has 0 aliphatic heterocycles. The molecule has 4 heteroatoms. The first-order valence-electron chi connectivity index (χ1n) is 5.43. The Hall–Kier alpha value is -2.00. The van der Waals surface area contributed by atoms with Crippen molar-refractivity contribution in [2.45, 2.75) is 6.92 Å². The van der Waals surface area contributed by atoms with Gasteiger partial charge in [-0.05, 0) is 43.3 Å². The summed E-state index contributed by atoms with van der Waals surface area (Å²) in [6.07, 6.45) is 0. The van der Waals surface area contributed by atoms with Crippen LogP contribution >= 0.6 is 11.6 Å². The molecule has 0 fully saturated rings. The first kappa shape index (κ1) is 12.5. The van der Waals surface area contributed by atoms with Crippen LogP contribution in [0.15, 0.2) is 42.5 Å². The van der Waals surface area contributed by atoms with Crippen molar-refractivity contribution >= 4 is 28.9 Å². The molecule has 0 aliphatic rings. The zero-order valence-corrected chi connectivity index (χ0v) is 10.5. The van der Waals surface area contributed by atoms with E-state index in [4.69, 9.17) is 16.7 Å². The van der Waals surface area contributed by atoms with Gasteiger partial charge < -0.3 is 10.4 Å². The summed E-state index contributed by atoms with van der Waals surface area (Å²) in [5.41, 5.74) is 2.53. The number of halogens is 1. The highest BCUT2D eigenvalue weighted by Crippen LogP contribution is 2.23. The fraction of sp³-hybridized carbons (Fsp3) is 0.0714. The minimum atomic E-state index is -0.949. The first-order chi connectivity index (χ1) is 8.56. The van der Waals surface area contributed by atoms with E-state index in [2.05, 4.69) is 5.32 Å². The molecule has 2 N–H and O–H groups in total. The van der Waals surface area contributed by atoms with E-state index in [0.29, 0.717) is 10.7 Å². The smallest absolute Gasteiger partial charge is 0.337 e. The number of anilines is 2. The Morgan fingerprint density at radius 2 is 1.83 bits per heavy atom. The molecule has 0 unspecified atom stereocenters. The fourth-order valence-electron chi connectivity index (χ4n) is 1.63. The van der Waals surface area contributed by atoms with Gasteiger partial charge >= 0.3 is 5.97 Å². The van der Waals surface area contributed by atoms with Crippen LogP contribution in [0.5, 0.6) is 0 Å². The number of hydrogen-bond donors (Lipinski definition) is 2. The van der Waals surface area contributed by atoms with E-state index in [-0.39, 0.29) is 5.56 Å². The van der Waals surface area contributed by atoms with Gasteiger partial charge in [-0.1, -0.05) is 23.2 Å². The number of benzene rings is 2. The van der Waals surface area contributed by atoms with Crippen LogP contribution in [0, 0.1) is 6.92 Å². The highest BCUT2D eigenvalue weighted by atomic mass is 35.5. The predicted molar refractivity (Wildman–Crippen MR) is 72.9 cm³/mol. The van der Waals surface area contributed by atoms with Gasteiger partial charge in [0.25, 0.3) is 0 Å². The predicted octanol–water partition coefficient (Wildman–Crippen LogP) is 4.09. The molecule has 2 aromatic rings. The lowest BCUT2D eigenvalue weighted by atomic mass is 10.1. The second-order valence-electron chi connectivity index (χ2n) is 3.99. The van der Waals surface area contributed by atoms with Crippen molar-refractivity contribution in [3.8, 4) is 0 Å². The minimum Gasteiger partial charge on any atom is -0.478 e. The highest BCUT2D eigenvalue weighted by Gasteiger charge is 2.10. The number of aromatic carboxylic acids is 1. The summed E-state index contributed by atoms with van der Waals surface area (Å²) >= 11 is 5.80. The lowest BCUT2D eigenvalue weighted by Crippen LogP contribution is -2.03. The van der Waals surface area contributed by atoms with E-state index >= 15 is 0 Å². The van der Waals surface area contributed by atoms with Crippen molar-refractivity contribution in [1.29, 1.82) is 0 Å². The number of carboxylic acid groups (broad SMARTS) is 1. The summed E-state index contributed by atoms with van der Waals surface area (Å²) in [5.74, 6) is -0.949. The van der Waals surface area contributed by atoms with Crippen LogP contribution in [-0.2, 0) is 0 Å². The van der Waals surface area contributed by atoms with Gasteiger partial charge in [-0.2, -0.15) is 0 Å². The Morgan fingerprint density at radius 3 is 2.44 bits per heavy atom. The van der Waals surface area contributed by atoms with E-state index in [1.54, 1.807) is 36.4 Å². The molecule has 0 aromatic heterocycles. The monoisotopic (exact) mass is 261 g/mol. The molecule has 2 rings (SSSR count). The summed E-state index contributed by atoms with van der Waals surface area (Å²) in [6.45, 7) is 1.86. The van der Waals surface area contributed by atoms with Crippen LogP contribution in [0.4, 0.5) is 11.4 Å². The molecule has 92 valence electrons. The number of nitrogens with one attached hydrogen (secondary N) is 1. The quantitative estimate of drug-likeness (QED) is 0.875. The zero-order chi connectivity index (χ0) is 13.1. The van der Waals surface area contributed by atoms with Crippen LogP contribution in [0.1, 0.15) is 15.9 Å². The maximum atomic E-state index is 11.2. The van der Waals surface area contributed by atoms with Gasteiger partial charge in [-0.3, -0.25) is 0 Å². The number of hydrogen-bond acceptors (Lipinski definition) is 2. The maximum Gasteiger partial charge on any atom is 0.337 e. The summed E-state index contributed by atoms with van der Waals surface area (Å²) in [4.78, 5) is 11.2. The average molecular weight is 262 g/mol. The van der Waals surface area contributed by atoms with Gasteiger partial charge in [-0.15, -0.1) is 0 Å². The molecular weight excluding hydrogens is 250 g/mol. The number of carbonyl (C=O) groups is 1. The van der Waals surface area contributed by atoms with Gasteiger partial charge in [0, 0.05) is 10.7 Å². The molecule has 0 aliphatic carbocycles. The fourth-order valence-corrected chi connectivity index (χ4v) is 1.76. The summed E-state index contributed by atoms with van der Waals surface area (Å²) in [5, 5.41) is 12.9. The third kappa shape index (κ3) is 2.81. The molecular formula is C14H12ClNO2. The van der Waals surface area contributed by atoms with Crippen LogP contribution in [0.3, 0.4) is 0 Å². The molecule has 3 nitrogen and oxygen atoms in total. The molecule has 0 atom stereocenters. The van der Waals surface area contributed by atoms with Crippen LogP contribution in [-0.4, -0.2) is 11.1 Å². The summed E-state index contributed by atoms with van der Waals surface area (Å²) in [7, 11) is 0. The number of aryl methyl sites for hydroxylation is 1. The summed E-state index contributed by atoms with van der Waals surface area (Å²) < 4.78 is 0. The highest BCUT2D eigenvalue weighted by molar-refractivity contribution is 6.30. The lowest BCUT2D eigenvalue weighted by Gasteiger charge is -2.10. The molecule has 0 saturated heterocycles. The molecule has 18 heavy (non-hydrogen) atoms. The van der Waals surface area contributed by atoms with Crippen molar-refractivity contribution in [2.24, 2.45) is 0 Å². The molecule has 2 aromatic carbocycles. The average Bonchev–Trinajstić information content (AvgIpc) is 2.34. The lowest BCUT2D eigenvalue weighted by molar-refractivity contribution is 0.0698. The third-order valence-electron chi connectivity index (χ3n) is 2.53. The third-order valence-corrected chi connectivity index (χ3v) is 2.78. The van der Waals surface area contributed by atoms with Gasteiger partial charge in [0.15, 0.2) is 0 Å². The Balaban J connectivity index is 2.34. The van der Waals surface area contributed by atoms with E-state index in [1.807, 2.05) is 13.0 Å². The van der Waals surface area contributed by atoms with Crippen LogP contribution < -0.4 is 5.32 Å². The van der Waals surface area contributed by atoms with Crippen molar-refractivity contribution in [3.63, 3.8) is 0 Å². The Bertz CT molecular complexity index is 579. The van der Waals surface area contributed by atoms with Crippen LogP contribution in [0.2, 0.25) is 5.02 Å². The van der Waals surface area contributed by atoms with Crippen molar-refractivity contribution in [1.82, 2.24) is 0 Å². The summed E-state index contributed by atoms with van der Waals surface area (Å²) in [6, 6.07) is 12.4. The first-order valence-corrected chi connectivity index (χ1v) is 5.80. The molecule has 0 amide bonds. The topological polar surface area (TPSA) is 49.3 Å². The SMILES string of the molecule is Cc1ccc(Nc2ccc(Cl)cc2)c(C(=O)O)c1. The van der Waals surface area contributed by atoms with Crippen molar-refractivity contribution in [3.05, 3.63) is 58.6 Å². The number of carboxylic acids is 1. The van der Waals surface area contributed by atoms with E-state index in [9.17, 15) is 4.79 Å². The molecule has 0 heterocycles. The second-order valence-corrected chi connectivity index (χ2v) is 4.42. The number of rotatable bonds is 3. The largest absolute Gasteiger partial charge is 0.478 e. The Morgan fingerprint density at radius 1 is 1.17 bits per heavy atom. The van der Waals surface area contributed by atoms with Gasteiger partial charge in [0.2, 0.25) is 0 Å². The molecule has 0 saturated carbocycles. The normalized spacial score (nSPS) is 10.1. The van der Waals surface area contributed by atoms with E-state index < -0.39 is 5.97 Å². The van der Waals surface area contributed by atoms with Crippen LogP contribution in [0.25, 0.3) is 0 Å². The molecule has 0 bridgehead atoms. The zero-order valence-electron chi connectivity index (χ0n) is 9.77. The Kier molecular flexibility index (Phi) is 3.53. The maximum absolute atomic E-state index is 11.2. The second kappa shape index (κ2) is 5.10. The molecule has 0 radical (unpaired) electrons. The van der Waals surface area contributed by atoms with Gasteiger partial charge in [0.05, 0.1) is 11.3 Å². The van der Waals surface area contributed by atoms with Crippen molar-refractivity contribution in [2.75, 3.05) is 5.32 Å². The van der Waals surface area contributed by atoms with Gasteiger partial charge in [-0.25, -0.2) is 4.79 Å². The van der Waals surface area contributed by atoms with E-state index in [0.717, 1.165) is 11.3 Å². The molecule has 0 spiro atoms. The standard InChI is InChI=1S/C14H12ClNO2/c1-9-2-7-13(12(8-9)14(17)18)16-11-5-3-10(15)4-6-11/h2-8,16H,1H3,(H,17,18). The Labute approximate surface area is 110 Å². The minimum absolute atomic E-state index is 0.255. The van der Waals surface area contributed by atoms with Crippen molar-refractivity contribution < 1.29 is 9.90 Å². The van der Waals surface area contributed by atoms with E-state index in [1.165, 1.54) is 0 Å².